The van der Waals surface area contributed by atoms with Crippen molar-refractivity contribution in [2.45, 2.75) is 37.6 Å². The lowest BCUT2D eigenvalue weighted by Crippen LogP contribution is -2.33. The molecule has 27 heavy (non-hydrogen) atoms. The predicted octanol–water partition coefficient (Wildman–Crippen LogP) is 2.99. The normalized spacial score (nSPS) is 12.4. The van der Waals surface area contributed by atoms with Crippen molar-refractivity contribution in [3.63, 3.8) is 0 Å². The summed E-state index contributed by atoms with van der Waals surface area (Å²) >= 11 is 1.32. The molecule has 0 unspecified atom stereocenters. The van der Waals surface area contributed by atoms with Crippen LogP contribution in [-0.4, -0.2) is 32.6 Å². The highest BCUT2D eigenvalue weighted by Crippen LogP contribution is 2.24. The quantitative estimate of drug-likeness (QED) is 0.484. The third-order valence-corrected chi connectivity index (χ3v) is 5.36. The van der Waals surface area contributed by atoms with Gasteiger partial charge in [0.2, 0.25) is 11.1 Å². The van der Waals surface area contributed by atoms with Crippen LogP contribution in [0.15, 0.2) is 47.6 Å². The van der Waals surface area contributed by atoms with E-state index in [9.17, 15) is 4.79 Å². The van der Waals surface area contributed by atoms with E-state index in [4.69, 9.17) is 5.84 Å². The summed E-state index contributed by atoms with van der Waals surface area (Å²) in [5, 5.41) is 14.0. The molecule has 1 atom stereocenters. The molecule has 0 saturated heterocycles. The molecule has 0 bridgehead atoms. The average Bonchev–Trinajstić information content (AvgIpc) is 2.99. The van der Waals surface area contributed by atoms with E-state index in [1.54, 1.807) is 0 Å². The van der Waals surface area contributed by atoms with Gasteiger partial charge in [0.15, 0.2) is 5.82 Å². The number of benzene rings is 2. The summed E-state index contributed by atoms with van der Waals surface area (Å²) in [6.07, 6.45) is 0.583. The molecule has 6 nitrogen and oxygen atoms in total. The fraction of sp³-hybridized carbons (Fsp3) is 0.350. The fourth-order valence-corrected chi connectivity index (χ4v) is 3.60. The Labute approximate surface area is 163 Å². The van der Waals surface area contributed by atoms with E-state index >= 15 is 0 Å². The van der Waals surface area contributed by atoms with E-state index < -0.39 is 0 Å². The molecular weight excluding hydrogens is 358 g/mol. The van der Waals surface area contributed by atoms with Gasteiger partial charge in [-0.05, 0) is 29.2 Å². The zero-order valence-corrected chi connectivity index (χ0v) is 16.7. The highest BCUT2D eigenvalue weighted by molar-refractivity contribution is 8.00. The van der Waals surface area contributed by atoms with Crippen molar-refractivity contribution in [2.24, 2.45) is 5.92 Å². The van der Waals surface area contributed by atoms with Crippen molar-refractivity contribution in [3.05, 3.63) is 53.9 Å². The van der Waals surface area contributed by atoms with Crippen molar-refractivity contribution in [2.75, 3.05) is 12.4 Å². The van der Waals surface area contributed by atoms with Gasteiger partial charge >= 0.3 is 0 Å². The highest BCUT2D eigenvalue weighted by atomic mass is 32.2. The van der Waals surface area contributed by atoms with Crippen LogP contribution in [0.25, 0.3) is 10.8 Å². The fourth-order valence-electron chi connectivity index (χ4n) is 2.79. The average molecular weight is 384 g/mol. The molecule has 0 fully saturated rings. The Morgan fingerprint density at radius 3 is 2.67 bits per heavy atom. The Bertz CT molecular complexity index is 932. The zero-order chi connectivity index (χ0) is 19.4. The third-order valence-electron chi connectivity index (χ3n) is 4.30. The summed E-state index contributed by atoms with van der Waals surface area (Å²) in [5.41, 5.74) is 1.14. The minimum Gasteiger partial charge on any atom is -0.355 e. The van der Waals surface area contributed by atoms with Crippen molar-refractivity contribution >= 4 is 28.4 Å². The summed E-state index contributed by atoms with van der Waals surface area (Å²) < 4.78 is 1.48. The topological polar surface area (TPSA) is 85.8 Å². The second kappa shape index (κ2) is 8.43. The van der Waals surface area contributed by atoms with E-state index in [0.29, 0.717) is 29.9 Å². The van der Waals surface area contributed by atoms with E-state index in [-0.39, 0.29) is 11.2 Å². The number of nitrogen functional groups attached to an aromatic ring is 1. The van der Waals surface area contributed by atoms with Crippen LogP contribution < -0.4 is 11.2 Å². The molecule has 7 heteroatoms. The minimum absolute atomic E-state index is 0.0210. The van der Waals surface area contributed by atoms with Crippen LogP contribution in [0.3, 0.4) is 0 Å². The molecule has 3 aromatic rings. The standard InChI is InChI=1S/C20H25N5OS/c1-13(2)12-22-19(26)14(3)27-20-24-23-18(25(20)21)11-16-9-6-8-15-7-4-5-10-17(15)16/h4-10,13-14H,11-12,21H2,1-3H3,(H,22,26)/t14-/m0/s1. The van der Waals surface area contributed by atoms with Gasteiger partial charge < -0.3 is 11.2 Å². The van der Waals surface area contributed by atoms with E-state index in [0.717, 1.165) is 5.56 Å². The Hall–Kier alpha value is -2.54. The molecule has 3 rings (SSSR count). The first-order valence-corrected chi connectivity index (χ1v) is 9.94. The minimum atomic E-state index is -0.291. The number of hydrogen-bond acceptors (Lipinski definition) is 5. The second-order valence-electron chi connectivity index (χ2n) is 6.98. The number of amides is 1. The largest absolute Gasteiger partial charge is 0.355 e. The first-order chi connectivity index (χ1) is 13.0. The molecule has 2 aromatic carbocycles. The zero-order valence-electron chi connectivity index (χ0n) is 15.8. The third kappa shape index (κ3) is 4.60. The van der Waals surface area contributed by atoms with Gasteiger partial charge in [0.1, 0.15) is 0 Å². The summed E-state index contributed by atoms with van der Waals surface area (Å²) in [6.45, 7) is 6.63. The molecule has 142 valence electrons. The summed E-state index contributed by atoms with van der Waals surface area (Å²) in [4.78, 5) is 12.2. The Morgan fingerprint density at radius 2 is 1.89 bits per heavy atom. The number of thioether (sulfide) groups is 1. The highest BCUT2D eigenvalue weighted by Gasteiger charge is 2.19. The maximum Gasteiger partial charge on any atom is 0.233 e. The van der Waals surface area contributed by atoms with Crippen LogP contribution in [0, 0.1) is 5.92 Å². The molecule has 3 N–H and O–H groups in total. The van der Waals surface area contributed by atoms with Gasteiger partial charge in [0.25, 0.3) is 0 Å². The number of aromatic nitrogens is 3. The molecular formula is C20H25N5OS. The van der Waals surface area contributed by atoms with Crippen molar-refractivity contribution < 1.29 is 4.79 Å². The van der Waals surface area contributed by atoms with Crippen LogP contribution in [0.4, 0.5) is 0 Å². The van der Waals surface area contributed by atoms with Crippen molar-refractivity contribution in [3.8, 4) is 0 Å². The van der Waals surface area contributed by atoms with E-state index in [1.807, 2.05) is 25.1 Å². The number of fused-ring (bicyclic) bond motifs is 1. The number of nitrogens with zero attached hydrogens (tertiary/aromatic N) is 3. The smallest absolute Gasteiger partial charge is 0.233 e. The monoisotopic (exact) mass is 383 g/mol. The maximum atomic E-state index is 12.2. The number of rotatable bonds is 7. The van der Waals surface area contributed by atoms with Gasteiger partial charge in [-0.25, -0.2) is 4.68 Å². The summed E-state index contributed by atoms with van der Waals surface area (Å²) in [6, 6.07) is 14.4. The Balaban J connectivity index is 1.72. The molecule has 0 radical (unpaired) electrons. The summed E-state index contributed by atoms with van der Waals surface area (Å²) in [5.74, 6) is 7.27. The Morgan fingerprint density at radius 1 is 1.15 bits per heavy atom. The molecule has 0 saturated carbocycles. The van der Waals surface area contributed by atoms with Gasteiger partial charge in [-0.1, -0.05) is 68.1 Å². The second-order valence-corrected chi connectivity index (χ2v) is 8.29. The maximum absolute atomic E-state index is 12.2. The lowest BCUT2D eigenvalue weighted by molar-refractivity contribution is -0.120. The number of nitrogens with two attached hydrogens (primary N) is 1. The first-order valence-electron chi connectivity index (χ1n) is 9.06. The first kappa shape index (κ1) is 19.2. The van der Waals surface area contributed by atoms with Gasteiger partial charge in [0, 0.05) is 13.0 Å². The SMILES string of the molecule is CC(C)CNC(=O)[C@H](C)Sc1nnc(Cc2cccc3ccccc23)n1N. The molecule has 0 aliphatic heterocycles. The lowest BCUT2D eigenvalue weighted by atomic mass is 10.0. The number of carbonyl (C=O) groups is 1. The molecule has 1 heterocycles. The van der Waals surface area contributed by atoms with E-state index in [1.165, 1.54) is 27.2 Å². The molecule has 0 spiro atoms. The van der Waals surface area contributed by atoms with Gasteiger partial charge in [-0.15, -0.1) is 10.2 Å². The summed E-state index contributed by atoms with van der Waals surface area (Å²) in [7, 11) is 0. The molecule has 1 aromatic heterocycles. The number of hydrogen-bond donors (Lipinski definition) is 2. The van der Waals surface area contributed by atoms with Gasteiger partial charge in [-0.2, -0.15) is 0 Å². The van der Waals surface area contributed by atoms with Crippen molar-refractivity contribution in [1.29, 1.82) is 0 Å². The van der Waals surface area contributed by atoms with Crippen LogP contribution in [0.5, 0.6) is 0 Å². The van der Waals surface area contributed by atoms with Crippen LogP contribution >= 0.6 is 11.8 Å². The lowest BCUT2D eigenvalue weighted by Gasteiger charge is -2.13. The predicted molar refractivity (Wildman–Crippen MR) is 110 cm³/mol. The van der Waals surface area contributed by atoms with Crippen LogP contribution in [0.1, 0.15) is 32.2 Å². The number of carbonyl (C=O) groups excluding carboxylic acids is 1. The van der Waals surface area contributed by atoms with Crippen LogP contribution in [-0.2, 0) is 11.2 Å². The molecule has 1 amide bonds. The van der Waals surface area contributed by atoms with E-state index in [2.05, 4.69) is 53.6 Å². The Kier molecular flexibility index (Phi) is 6.01. The molecule has 0 aliphatic rings. The number of nitrogens with one attached hydrogen (secondary N) is 1. The van der Waals surface area contributed by atoms with Gasteiger partial charge in [-0.3, -0.25) is 4.79 Å². The molecule has 0 aliphatic carbocycles. The van der Waals surface area contributed by atoms with Crippen LogP contribution in [0.2, 0.25) is 0 Å². The van der Waals surface area contributed by atoms with Crippen molar-refractivity contribution in [1.82, 2.24) is 20.2 Å². The van der Waals surface area contributed by atoms with Gasteiger partial charge in [0.05, 0.1) is 5.25 Å².